The second-order valence-corrected chi connectivity index (χ2v) is 9.72. The van der Waals surface area contributed by atoms with Crippen molar-refractivity contribution in [1.29, 1.82) is 0 Å². The first-order chi connectivity index (χ1) is 16.0. The lowest BCUT2D eigenvalue weighted by Gasteiger charge is -2.32. The lowest BCUT2D eigenvalue weighted by molar-refractivity contribution is 0.447. The minimum atomic E-state index is 0.289. The fourth-order valence-corrected chi connectivity index (χ4v) is 5.42. The van der Waals surface area contributed by atoms with Crippen molar-refractivity contribution >= 4 is 6.21 Å². The molecule has 1 atom stereocenters. The summed E-state index contributed by atoms with van der Waals surface area (Å²) in [7, 11) is 1.96. The normalized spacial score (nSPS) is 20.1. The van der Waals surface area contributed by atoms with Gasteiger partial charge >= 0.3 is 0 Å². The molecule has 5 rings (SSSR count). The van der Waals surface area contributed by atoms with Gasteiger partial charge in [0.2, 0.25) is 0 Å². The highest BCUT2D eigenvalue weighted by Gasteiger charge is 2.26. The minimum Gasteiger partial charge on any atom is -0.378 e. The van der Waals surface area contributed by atoms with Crippen molar-refractivity contribution in [3.05, 3.63) is 106 Å². The summed E-state index contributed by atoms with van der Waals surface area (Å²) in [6.07, 6.45) is 10.1. The topological polar surface area (TPSA) is 27.6 Å². The first kappa shape index (κ1) is 21.8. The molecule has 1 saturated carbocycles. The lowest BCUT2D eigenvalue weighted by Crippen LogP contribution is -2.29. The number of nitrogens with zero attached hydrogens (tertiary/aromatic N) is 2. The zero-order chi connectivity index (χ0) is 22.9. The Morgan fingerprint density at radius 2 is 1.97 bits per heavy atom. The molecule has 0 aromatic heterocycles. The molecule has 3 heteroatoms. The summed E-state index contributed by atoms with van der Waals surface area (Å²) in [5.74, 6) is 0.760. The van der Waals surface area contributed by atoms with Gasteiger partial charge < -0.3 is 5.32 Å². The van der Waals surface area contributed by atoms with E-state index in [2.05, 4.69) is 73.0 Å². The molecule has 3 aliphatic rings. The zero-order valence-electron chi connectivity index (χ0n) is 20.0. The van der Waals surface area contributed by atoms with Crippen LogP contribution in [0.15, 0.2) is 83.3 Å². The summed E-state index contributed by atoms with van der Waals surface area (Å²) < 4.78 is 0. The first-order valence-corrected chi connectivity index (χ1v) is 12.4. The fourth-order valence-electron chi connectivity index (χ4n) is 5.42. The van der Waals surface area contributed by atoms with Crippen molar-refractivity contribution in [3.63, 3.8) is 0 Å². The molecule has 2 aromatic rings. The second kappa shape index (κ2) is 9.05. The maximum Gasteiger partial charge on any atom is 0.0615 e. The average molecular weight is 438 g/mol. The van der Waals surface area contributed by atoms with E-state index in [1.165, 1.54) is 59.1 Å². The average Bonchev–Trinajstić information content (AvgIpc) is 3.67. The van der Waals surface area contributed by atoms with Crippen LogP contribution in [0.2, 0.25) is 0 Å². The minimum absolute atomic E-state index is 0.289. The number of fused-ring (bicyclic) bond motifs is 1. The fraction of sp³-hybridized carbons (Fsp3) is 0.367. The van der Waals surface area contributed by atoms with Crippen molar-refractivity contribution in [2.45, 2.75) is 63.8 Å². The third-order valence-corrected chi connectivity index (χ3v) is 7.42. The number of hydrogen-bond donors (Lipinski definition) is 1. The molecule has 1 unspecified atom stereocenters. The van der Waals surface area contributed by atoms with Gasteiger partial charge in [0.25, 0.3) is 0 Å². The monoisotopic (exact) mass is 437 g/mol. The van der Waals surface area contributed by atoms with Crippen LogP contribution >= 0.6 is 0 Å². The summed E-state index contributed by atoms with van der Waals surface area (Å²) in [6, 6.07) is 16.1. The van der Waals surface area contributed by atoms with Crippen LogP contribution in [-0.4, -0.2) is 18.3 Å². The molecule has 1 aliphatic heterocycles. The summed E-state index contributed by atoms with van der Waals surface area (Å²) in [4.78, 5) is 0. The van der Waals surface area contributed by atoms with Gasteiger partial charge in [-0.3, -0.25) is 5.01 Å². The van der Waals surface area contributed by atoms with E-state index in [1.54, 1.807) is 0 Å². The van der Waals surface area contributed by atoms with Crippen molar-refractivity contribution in [1.82, 2.24) is 10.3 Å². The number of aryl methyl sites for hydroxylation is 1. The molecule has 2 aromatic carbocycles. The molecule has 1 fully saturated rings. The van der Waals surface area contributed by atoms with Gasteiger partial charge in [0, 0.05) is 18.3 Å². The number of likely N-dealkylation sites (N-methyl/N-ethyl adjacent to an activating group) is 1. The van der Waals surface area contributed by atoms with Gasteiger partial charge in [0.15, 0.2) is 0 Å². The third kappa shape index (κ3) is 4.42. The van der Waals surface area contributed by atoms with Crippen LogP contribution in [0.25, 0.3) is 0 Å². The van der Waals surface area contributed by atoms with E-state index in [0.717, 1.165) is 42.1 Å². The molecular weight excluding hydrogens is 402 g/mol. The quantitative estimate of drug-likeness (QED) is 0.529. The molecular formula is C30H35N3. The van der Waals surface area contributed by atoms with Gasteiger partial charge in [-0.2, -0.15) is 5.10 Å². The maximum absolute atomic E-state index is 4.58. The standard InChI is InChI=1S/C30H35N3/c1-5-23-10-7-13-28-27(23)12-8-14-29(28)32-20(2)30-21(3)33(4)31-19-26(30)18-22-9-6-11-25(17-22)24-15-16-24/h6-7,9-11,13,17,19,24,29,32H,2-3,5,8,12,14-16,18H2,1,4H3. The molecule has 0 bridgehead atoms. The van der Waals surface area contributed by atoms with Crippen molar-refractivity contribution in [3.8, 4) is 0 Å². The van der Waals surface area contributed by atoms with Crippen LogP contribution in [-0.2, 0) is 19.3 Å². The Labute approximate surface area is 198 Å². The molecule has 2 aliphatic carbocycles. The zero-order valence-corrected chi connectivity index (χ0v) is 20.0. The van der Waals surface area contributed by atoms with Crippen LogP contribution in [0.3, 0.4) is 0 Å². The van der Waals surface area contributed by atoms with Crippen molar-refractivity contribution < 1.29 is 0 Å². The van der Waals surface area contributed by atoms with Gasteiger partial charge in [0.1, 0.15) is 0 Å². The van der Waals surface area contributed by atoms with Gasteiger partial charge in [-0.1, -0.05) is 62.5 Å². The van der Waals surface area contributed by atoms with Crippen molar-refractivity contribution in [2.24, 2.45) is 5.10 Å². The molecule has 0 amide bonds. The summed E-state index contributed by atoms with van der Waals surface area (Å²) in [5, 5.41) is 10.2. The highest BCUT2D eigenvalue weighted by atomic mass is 15.4. The molecule has 1 N–H and O–H groups in total. The van der Waals surface area contributed by atoms with E-state index in [-0.39, 0.29) is 6.04 Å². The Morgan fingerprint density at radius 1 is 1.15 bits per heavy atom. The van der Waals surface area contributed by atoms with Gasteiger partial charge in [0.05, 0.1) is 18.0 Å². The molecule has 170 valence electrons. The van der Waals surface area contributed by atoms with Crippen LogP contribution < -0.4 is 5.32 Å². The molecule has 1 heterocycles. The SMILES string of the molecule is C=C(NC1CCCc2c(CC)cccc21)C1=C(Cc2cccc(C3CC3)c2)C=NN(C)C1=C. The number of allylic oxidation sites excluding steroid dienone is 1. The Balaban J connectivity index is 1.43. The number of rotatable bonds is 7. The Morgan fingerprint density at radius 3 is 2.76 bits per heavy atom. The molecule has 33 heavy (non-hydrogen) atoms. The van der Waals surface area contributed by atoms with E-state index in [1.807, 2.05) is 18.3 Å². The van der Waals surface area contributed by atoms with Gasteiger partial charge in [-0.15, -0.1) is 0 Å². The lowest BCUT2D eigenvalue weighted by atomic mass is 9.84. The molecule has 0 saturated heterocycles. The number of hydrogen-bond acceptors (Lipinski definition) is 3. The van der Waals surface area contributed by atoms with Gasteiger partial charge in [-0.05, 0) is 84.3 Å². The first-order valence-electron chi connectivity index (χ1n) is 12.4. The van der Waals surface area contributed by atoms with Crippen LogP contribution in [0.4, 0.5) is 0 Å². The molecule has 0 spiro atoms. The predicted molar refractivity (Wildman–Crippen MR) is 138 cm³/mol. The number of nitrogens with one attached hydrogen (secondary N) is 1. The number of benzene rings is 2. The van der Waals surface area contributed by atoms with E-state index in [4.69, 9.17) is 0 Å². The van der Waals surface area contributed by atoms with Gasteiger partial charge in [-0.25, -0.2) is 0 Å². The Bertz CT molecular complexity index is 1150. The van der Waals surface area contributed by atoms with E-state index in [0.29, 0.717) is 0 Å². The summed E-state index contributed by atoms with van der Waals surface area (Å²) in [5.41, 5.74) is 11.4. The van der Waals surface area contributed by atoms with E-state index >= 15 is 0 Å². The predicted octanol–water partition coefficient (Wildman–Crippen LogP) is 6.59. The highest BCUT2D eigenvalue weighted by molar-refractivity contribution is 5.84. The van der Waals surface area contributed by atoms with Crippen LogP contribution in [0.5, 0.6) is 0 Å². The van der Waals surface area contributed by atoms with Crippen molar-refractivity contribution in [2.75, 3.05) is 7.05 Å². The number of hydrazone groups is 1. The third-order valence-electron chi connectivity index (χ3n) is 7.42. The molecule has 0 radical (unpaired) electrons. The Hall–Kier alpha value is -3.07. The Kier molecular flexibility index (Phi) is 5.97. The second-order valence-electron chi connectivity index (χ2n) is 9.72. The van der Waals surface area contributed by atoms with E-state index in [9.17, 15) is 0 Å². The smallest absolute Gasteiger partial charge is 0.0615 e. The van der Waals surface area contributed by atoms with Crippen LogP contribution in [0.1, 0.15) is 72.4 Å². The highest BCUT2D eigenvalue weighted by Crippen LogP contribution is 2.40. The largest absolute Gasteiger partial charge is 0.378 e. The summed E-state index contributed by atoms with van der Waals surface area (Å²) >= 11 is 0. The van der Waals surface area contributed by atoms with E-state index < -0.39 is 0 Å². The summed E-state index contributed by atoms with van der Waals surface area (Å²) in [6.45, 7) is 11.1. The molecule has 3 nitrogen and oxygen atoms in total. The maximum atomic E-state index is 4.58. The van der Waals surface area contributed by atoms with Crippen LogP contribution in [0, 0.1) is 0 Å².